The van der Waals surface area contributed by atoms with Crippen molar-refractivity contribution in [1.82, 2.24) is 20.4 Å². The molecular weight excluding hydrogens is 440 g/mol. The number of amides is 2. The fourth-order valence-corrected chi connectivity index (χ4v) is 4.46. The van der Waals surface area contributed by atoms with Crippen LogP contribution in [0.5, 0.6) is 0 Å². The summed E-state index contributed by atoms with van der Waals surface area (Å²) in [6, 6.07) is -1.06. The average Bonchev–Trinajstić information content (AvgIpc) is 2.69. The Labute approximate surface area is 204 Å². The lowest BCUT2D eigenvalue weighted by Gasteiger charge is -2.30. The number of nitrogens with one attached hydrogen (secondary N) is 2. The van der Waals surface area contributed by atoms with Gasteiger partial charge in [-0.15, -0.1) is 0 Å². The lowest BCUT2D eigenvalue weighted by atomic mass is 10.0. The number of piperazine rings is 1. The Morgan fingerprint density at radius 1 is 0.618 bits per heavy atom. The largest absolute Gasteiger partial charge is 0.392 e. The Balaban J connectivity index is 2.34. The molecular formula is C24H48N4O6. The molecule has 10 nitrogen and oxygen atoms in total. The van der Waals surface area contributed by atoms with Crippen LogP contribution >= 0.6 is 0 Å². The summed E-state index contributed by atoms with van der Waals surface area (Å²) < 4.78 is 0. The minimum atomic E-state index is -0.529. The molecule has 10 heteroatoms. The van der Waals surface area contributed by atoms with Crippen molar-refractivity contribution in [2.75, 3.05) is 39.3 Å². The van der Waals surface area contributed by atoms with E-state index >= 15 is 0 Å². The van der Waals surface area contributed by atoms with Crippen molar-refractivity contribution in [3.63, 3.8) is 0 Å². The third-order valence-electron chi connectivity index (χ3n) is 5.79. The van der Waals surface area contributed by atoms with Gasteiger partial charge in [0.05, 0.1) is 24.4 Å². The minimum absolute atomic E-state index is 0.153. The number of carbonyl (C=O) groups is 2. The van der Waals surface area contributed by atoms with Gasteiger partial charge in [0.1, 0.15) is 12.1 Å². The second-order valence-electron chi connectivity index (χ2n) is 10.0. The third kappa shape index (κ3) is 13.6. The van der Waals surface area contributed by atoms with Crippen LogP contribution in [0.15, 0.2) is 0 Å². The Bertz CT molecular complexity index is 518. The molecule has 0 aromatic carbocycles. The molecule has 1 fully saturated rings. The molecule has 0 aliphatic carbocycles. The molecule has 0 saturated carbocycles. The second-order valence-corrected chi connectivity index (χ2v) is 10.0. The summed E-state index contributed by atoms with van der Waals surface area (Å²) in [6.07, 6.45) is 2.32. The SMILES string of the molecule is C[C@H](O)CN(CCCC[C@H]1NC(=O)[C@H](CCCCN(C[C@H](C)O)C[C@@H](C)O)NC1=O)C[C@H](C)O. The van der Waals surface area contributed by atoms with Gasteiger partial charge < -0.3 is 31.1 Å². The van der Waals surface area contributed by atoms with Crippen molar-refractivity contribution in [1.29, 1.82) is 0 Å². The minimum Gasteiger partial charge on any atom is -0.392 e. The Morgan fingerprint density at radius 3 is 1.18 bits per heavy atom. The van der Waals surface area contributed by atoms with Gasteiger partial charge in [-0.3, -0.25) is 19.4 Å². The molecule has 0 aromatic rings. The van der Waals surface area contributed by atoms with E-state index in [1.165, 1.54) is 0 Å². The van der Waals surface area contributed by atoms with E-state index in [1.54, 1.807) is 27.7 Å². The summed E-state index contributed by atoms with van der Waals surface area (Å²) in [6.45, 7) is 10.2. The topological polar surface area (TPSA) is 146 Å². The van der Waals surface area contributed by atoms with Gasteiger partial charge in [-0.2, -0.15) is 0 Å². The van der Waals surface area contributed by atoms with Crippen molar-refractivity contribution < 1.29 is 30.0 Å². The number of aliphatic hydroxyl groups excluding tert-OH is 4. The highest BCUT2D eigenvalue weighted by Crippen LogP contribution is 2.12. The molecule has 1 heterocycles. The van der Waals surface area contributed by atoms with Crippen molar-refractivity contribution in [2.24, 2.45) is 0 Å². The van der Waals surface area contributed by atoms with E-state index in [0.29, 0.717) is 52.1 Å². The summed E-state index contributed by atoms with van der Waals surface area (Å²) in [7, 11) is 0. The van der Waals surface area contributed by atoms with Crippen LogP contribution in [0, 0.1) is 0 Å². The van der Waals surface area contributed by atoms with Gasteiger partial charge in [-0.25, -0.2) is 0 Å². The standard InChI is InChI=1S/C24H48N4O6/c1-17(29)13-27(14-18(2)30)11-7-5-9-21-23(33)26-22(24(34)25-21)10-6-8-12-28(15-19(3)31)16-20(4)32/h17-22,29-32H,5-16H2,1-4H3,(H,25,34)(H,26,33)/t17-,18-,19-,20+,21+,22-/m0/s1. The van der Waals surface area contributed by atoms with Gasteiger partial charge in [0.2, 0.25) is 11.8 Å². The van der Waals surface area contributed by atoms with Gasteiger partial charge in [0.25, 0.3) is 0 Å². The molecule has 200 valence electrons. The molecule has 0 bridgehead atoms. The quantitative estimate of drug-likeness (QED) is 0.141. The molecule has 1 aliphatic rings. The summed E-state index contributed by atoms with van der Waals surface area (Å²) >= 11 is 0. The number of hydrogen-bond donors (Lipinski definition) is 6. The van der Waals surface area contributed by atoms with E-state index in [-0.39, 0.29) is 11.8 Å². The maximum absolute atomic E-state index is 12.5. The Kier molecular flexibility index (Phi) is 14.8. The molecule has 6 atom stereocenters. The smallest absolute Gasteiger partial charge is 0.243 e. The van der Waals surface area contributed by atoms with Crippen LogP contribution in [0.1, 0.15) is 66.2 Å². The highest BCUT2D eigenvalue weighted by atomic mass is 16.3. The summed E-state index contributed by atoms with van der Waals surface area (Å²) in [5.74, 6) is -0.307. The molecule has 0 unspecified atom stereocenters. The normalized spacial score (nSPS) is 22.4. The van der Waals surface area contributed by atoms with Crippen LogP contribution < -0.4 is 10.6 Å². The molecule has 1 saturated heterocycles. The number of carbonyl (C=O) groups excluding carboxylic acids is 2. The van der Waals surface area contributed by atoms with E-state index in [1.807, 2.05) is 9.80 Å². The van der Waals surface area contributed by atoms with Crippen molar-refractivity contribution >= 4 is 11.8 Å². The number of nitrogens with zero attached hydrogens (tertiary/aromatic N) is 2. The molecule has 1 rings (SSSR count). The molecule has 2 amide bonds. The molecule has 6 N–H and O–H groups in total. The Morgan fingerprint density at radius 2 is 0.912 bits per heavy atom. The van der Waals surface area contributed by atoms with Crippen LogP contribution in [0.3, 0.4) is 0 Å². The van der Waals surface area contributed by atoms with Crippen molar-refractivity contribution in [3.8, 4) is 0 Å². The zero-order valence-corrected chi connectivity index (χ0v) is 21.4. The lowest BCUT2D eigenvalue weighted by molar-refractivity contribution is -0.137. The molecule has 34 heavy (non-hydrogen) atoms. The maximum Gasteiger partial charge on any atom is 0.243 e. The summed E-state index contributed by atoms with van der Waals surface area (Å²) in [5, 5.41) is 44.1. The number of aliphatic hydroxyl groups is 4. The summed E-state index contributed by atoms with van der Waals surface area (Å²) in [4.78, 5) is 29.0. The number of rotatable bonds is 18. The summed E-state index contributed by atoms with van der Waals surface area (Å²) in [5.41, 5.74) is 0. The first-order valence-corrected chi connectivity index (χ1v) is 12.8. The number of hydrogen-bond acceptors (Lipinski definition) is 8. The predicted octanol–water partition coefficient (Wildman–Crippen LogP) is -0.563. The Hall–Kier alpha value is -1.30. The van der Waals surface area contributed by atoms with E-state index in [9.17, 15) is 30.0 Å². The first-order valence-electron chi connectivity index (χ1n) is 12.8. The van der Waals surface area contributed by atoms with Gasteiger partial charge in [0.15, 0.2) is 0 Å². The van der Waals surface area contributed by atoms with E-state index in [0.717, 1.165) is 25.7 Å². The highest BCUT2D eigenvalue weighted by molar-refractivity contribution is 5.96. The lowest BCUT2D eigenvalue weighted by Crippen LogP contribution is -2.61. The molecule has 0 radical (unpaired) electrons. The first kappa shape index (κ1) is 30.7. The fourth-order valence-electron chi connectivity index (χ4n) is 4.46. The highest BCUT2D eigenvalue weighted by Gasteiger charge is 2.32. The van der Waals surface area contributed by atoms with Crippen molar-refractivity contribution in [3.05, 3.63) is 0 Å². The van der Waals surface area contributed by atoms with Gasteiger partial charge in [-0.05, 0) is 79.3 Å². The monoisotopic (exact) mass is 488 g/mol. The van der Waals surface area contributed by atoms with Crippen LogP contribution in [-0.4, -0.2) is 118 Å². The average molecular weight is 489 g/mol. The molecule has 1 aliphatic heterocycles. The van der Waals surface area contributed by atoms with Gasteiger partial charge in [0, 0.05) is 26.2 Å². The zero-order valence-electron chi connectivity index (χ0n) is 21.4. The maximum atomic E-state index is 12.5. The second kappa shape index (κ2) is 16.4. The van der Waals surface area contributed by atoms with Gasteiger partial charge in [-0.1, -0.05) is 0 Å². The van der Waals surface area contributed by atoms with Crippen LogP contribution in [0.2, 0.25) is 0 Å². The predicted molar refractivity (Wildman–Crippen MR) is 131 cm³/mol. The van der Waals surface area contributed by atoms with E-state index in [2.05, 4.69) is 10.6 Å². The fraction of sp³-hybridized carbons (Fsp3) is 0.917. The van der Waals surface area contributed by atoms with Crippen LogP contribution in [0.25, 0.3) is 0 Å². The third-order valence-corrected chi connectivity index (χ3v) is 5.79. The van der Waals surface area contributed by atoms with E-state index < -0.39 is 36.5 Å². The zero-order chi connectivity index (χ0) is 25.7. The van der Waals surface area contributed by atoms with Crippen molar-refractivity contribution in [2.45, 2.75) is 103 Å². The van der Waals surface area contributed by atoms with Crippen LogP contribution in [-0.2, 0) is 9.59 Å². The van der Waals surface area contributed by atoms with Gasteiger partial charge >= 0.3 is 0 Å². The molecule has 0 spiro atoms. The van der Waals surface area contributed by atoms with E-state index in [4.69, 9.17) is 0 Å². The first-order chi connectivity index (χ1) is 16.0. The van der Waals surface area contributed by atoms with Crippen LogP contribution in [0.4, 0.5) is 0 Å². The number of unbranched alkanes of at least 4 members (excludes halogenated alkanes) is 2. The molecule has 0 aromatic heterocycles.